The van der Waals surface area contributed by atoms with Crippen LogP contribution in [0.4, 0.5) is 13.6 Å². The summed E-state index contributed by atoms with van der Waals surface area (Å²) in [6, 6.07) is 5.75. The van der Waals surface area contributed by atoms with Crippen LogP contribution in [0.1, 0.15) is 5.56 Å². The molecular weight excluding hydrogens is 264 g/mol. The molecule has 1 aromatic rings. The lowest BCUT2D eigenvalue weighted by atomic mass is 10.2. The van der Waals surface area contributed by atoms with E-state index in [-0.39, 0.29) is 10.7 Å². The van der Waals surface area contributed by atoms with Crippen molar-refractivity contribution in [3.8, 4) is 5.75 Å². The summed E-state index contributed by atoms with van der Waals surface area (Å²) in [5.74, 6) is -0.426. The molecule has 2 rings (SSSR count). The number of halogens is 2. The minimum atomic E-state index is -2.87. The van der Waals surface area contributed by atoms with Crippen molar-refractivity contribution in [2.75, 3.05) is 0 Å². The Labute approximate surface area is 105 Å². The van der Waals surface area contributed by atoms with Crippen molar-refractivity contribution in [3.63, 3.8) is 0 Å². The predicted octanol–water partition coefficient (Wildman–Crippen LogP) is 2.61. The largest absolute Gasteiger partial charge is 0.435 e. The molecule has 7 heteroatoms. The lowest BCUT2D eigenvalue weighted by molar-refractivity contribution is -0.115. The van der Waals surface area contributed by atoms with Gasteiger partial charge >= 0.3 is 6.61 Å². The molecule has 0 unspecified atom stereocenters. The molecule has 4 nitrogen and oxygen atoms in total. The number of thioether (sulfide) groups is 1. The number of hydrogen-bond acceptors (Lipinski definition) is 4. The van der Waals surface area contributed by atoms with E-state index in [1.807, 2.05) is 0 Å². The smallest absolute Gasteiger partial charge is 0.387 e. The molecule has 1 aliphatic heterocycles. The van der Waals surface area contributed by atoms with Crippen molar-refractivity contribution in [2.24, 2.45) is 0 Å². The van der Waals surface area contributed by atoms with Crippen molar-refractivity contribution >= 4 is 29.0 Å². The van der Waals surface area contributed by atoms with Crippen LogP contribution in [-0.4, -0.2) is 17.8 Å². The Morgan fingerprint density at radius 3 is 2.39 bits per heavy atom. The molecule has 0 atom stereocenters. The Morgan fingerprint density at radius 2 is 1.89 bits per heavy atom. The van der Waals surface area contributed by atoms with E-state index in [0.717, 1.165) is 11.8 Å². The van der Waals surface area contributed by atoms with Crippen LogP contribution in [0.15, 0.2) is 29.2 Å². The van der Waals surface area contributed by atoms with Gasteiger partial charge in [-0.05, 0) is 35.5 Å². The Morgan fingerprint density at radius 1 is 1.22 bits per heavy atom. The van der Waals surface area contributed by atoms with Gasteiger partial charge in [0.2, 0.25) is 0 Å². The summed E-state index contributed by atoms with van der Waals surface area (Å²) in [6.45, 7) is -2.87. The first-order chi connectivity index (χ1) is 8.54. The normalized spacial score (nSPS) is 17.4. The number of benzene rings is 1. The fraction of sp³-hybridized carbons (Fsp3) is 0.0909. The number of carbonyl (C=O) groups is 2. The highest BCUT2D eigenvalue weighted by atomic mass is 32.2. The van der Waals surface area contributed by atoms with Crippen molar-refractivity contribution in [2.45, 2.75) is 6.61 Å². The number of ether oxygens (including phenoxy) is 1. The second-order valence-corrected chi connectivity index (χ2v) is 4.31. The second kappa shape index (κ2) is 5.18. The molecule has 1 aromatic carbocycles. The van der Waals surface area contributed by atoms with E-state index in [0.29, 0.717) is 5.56 Å². The average Bonchev–Trinajstić information content (AvgIpc) is 2.59. The average molecular weight is 271 g/mol. The van der Waals surface area contributed by atoms with Gasteiger partial charge in [-0.3, -0.25) is 14.9 Å². The van der Waals surface area contributed by atoms with Crippen LogP contribution in [0.2, 0.25) is 0 Å². The van der Waals surface area contributed by atoms with Gasteiger partial charge in [0.05, 0.1) is 4.91 Å². The Hall–Kier alpha value is -1.89. The van der Waals surface area contributed by atoms with Gasteiger partial charge in [-0.2, -0.15) is 8.78 Å². The molecule has 0 saturated carbocycles. The predicted molar refractivity (Wildman–Crippen MR) is 62.2 cm³/mol. The highest BCUT2D eigenvalue weighted by molar-refractivity contribution is 8.18. The molecule has 0 aromatic heterocycles. The topological polar surface area (TPSA) is 55.4 Å². The summed E-state index contributed by atoms with van der Waals surface area (Å²) >= 11 is 0.794. The van der Waals surface area contributed by atoms with Gasteiger partial charge in [0.25, 0.3) is 11.1 Å². The van der Waals surface area contributed by atoms with Crippen molar-refractivity contribution < 1.29 is 23.1 Å². The zero-order valence-electron chi connectivity index (χ0n) is 8.85. The number of imide groups is 1. The molecule has 0 aliphatic carbocycles. The maximum atomic E-state index is 11.9. The summed E-state index contributed by atoms with van der Waals surface area (Å²) in [6.07, 6.45) is 1.50. The maximum absolute atomic E-state index is 11.9. The van der Waals surface area contributed by atoms with Gasteiger partial charge in [0, 0.05) is 0 Å². The summed E-state index contributed by atoms with van der Waals surface area (Å²) in [5, 5.41) is 1.69. The minimum Gasteiger partial charge on any atom is -0.435 e. The fourth-order valence-corrected chi connectivity index (χ4v) is 2.00. The number of nitrogens with one attached hydrogen (secondary N) is 1. The molecule has 1 aliphatic rings. The quantitative estimate of drug-likeness (QED) is 0.858. The third kappa shape index (κ3) is 3.07. The van der Waals surface area contributed by atoms with Gasteiger partial charge in [0.1, 0.15) is 5.75 Å². The van der Waals surface area contributed by atoms with Crippen LogP contribution < -0.4 is 10.1 Å². The molecule has 1 fully saturated rings. The lowest BCUT2D eigenvalue weighted by Gasteiger charge is -2.03. The van der Waals surface area contributed by atoms with E-state index in [9.17, 15) is 18.4 Å². The van der Waals surface area contributed by atoms with Crippen molar-refractivity contribution in [1.29, 1.82) is 0 Å². The molecule has 0 spiro atoms. The van der Waals surface area contributed by atoms with E-state index < -0.39 is 17.8 Å². The second-order valence-electron chi connectivity index (χ2n) is 3.30. The van der Waals surface area contributed by atoms with E-state index in [1.54, 1.807) is 0 Å². The summed E-state index contributed by atoms with van der Waals surface area (Å²) in [4.78, 5) is 22.4. The molecular formula is C11H7F2NO3S. The summed E-state index contributed by atoms with van der Waals surface area (Å²) < 4.78 is 28.0. The first-order valence-corrected chi connectivity index (χ1v) is 5.66. The van der Waals surface area contributed by atoms with Gasteiger partial charge in [-0.15, -0.1) is 0 Å². The third-order valence-electron chi connectivity index (χ3n) is 2.05. The molecule has 1 heterocycles. The molecule has 1 saturated heterocycles. The number of hydrogen-bond donors (Lipinski definition) is 1. The van der Waals surface area contributed by atoms with Crippen LogP contribution in [0.25, 0.3) is 6.08 Å². The van der Waals surface area contributed by atoms with Crippen LogP contribution in [-0.2, 0) is 4.79 Å². The van der Waals surface area contributed by atoms with E-state index in [4.69, 9.17) is 0 Å². The molecule has 2 amide bonds. The highest BCUT2D eigenvalue weighted by Crippen LogP contribution is 2.26. The summed E-state index contributed by atoms with van der Waals surface area (Å²) in [5.41, 5.74) is 0.615. The number of amides is 2. The standard InChI is InChI=1S/C11H7F2NO3S/c12-10(13)17-7-3-1-6(2-4-7)5-8-9(15)14-11(16)18-8/h1-5,10H,(H,14,15,16)/b8-5-. The molecule has 0 bridgehead atoms. The van der Waals surface area contributed by atoms with Gasteiger partial charge < -0.3 is 4.74 Å². The zero-order valence-corrected chi connectivity index (χ0v) is 9.67. The van der Waals surface area contributed by atoms with Crippen LogP contribution in [0.3, 0.4) is 0 Å². The van der Waals surface area contributed by atoms with Gasteiger partial charge in [0.15, 0.2) is 0 Å². The highest BCUT2D eigenvalue weighted by Gasteiger charge is 2.24. The Balaban J connectivity index is 2.13. The van der Waals surface area contributed by atoms with Crippen LogP contribution >= 0.6 is 11.8 Å². The van der Waals surface area contributed by atoms with Crippen LogP contribution in [0.5, 0.6) is 5.75 Å². The monoisotopic (exact) mass is 271 g/mol. The first kappa shape index (κ1) is 12.6. The molecule has 18 heavy (non-hydrogen) atoms. The molecule has 1 N–H and O–H groups in total. The maximum Gasteiger partial charge on any atom is 0.387 e. The third-order valence-corrected chi connectivity index (χ3v) is 2.86. The van der Waals surface area contributed by atoms with Crippen molar-refractivity contribution in [3.05, 3.63) is 34.7 Å². The summed E-state index contributed by atoms with van der Waals surface area (Å²) in [7, 11) is 0. The van der Waals surface area contributed by atoms with E-state index in [2.05, 4.69) is 10.1 Å². The van der Waals surface area contributed by atoms with Gasteiger partial charge in [-0.1, -0.05) is 12.1 Å². The first-order valence-electron chi connectivity index (χ1n) is 4.84. The van der Waals surface area contributed by atoms with Crippen molar-refractivity contribution in [1.82, 2.24) is 5.32 Å². The lowest BCUT2D eigenvalue weighted by Crippen LogP contribution is -2.17. The molecule has 0 radical (unpaired) electrons. The van der Waals surface area contributed by atoms with E-state index in [1.165, 1.54) is 30.3 Å². The Bertz CT molecular complexity index is 514. The number of alkyl halides is 2. The van der Waals surface area contributed by atoms with Gasteiger partial charge in [-0.25, -0.2) is 0 Å². The number of rotatable bonds is 3. The zero-order chi connectivity index (χ0) is 13.1. The number of carbonyl (C=O) groups excluding carboxylic acids is 2. The Kier molecular flexibility index (Phi) is 3.61. The SMILES string of the molecule is O=C1NC(=O)/C(=C/c2ccc(OC(F)F)cc2)S1. The van der Waals surface area contributed by atoms with Crippen LogP contribution in [0, 0.1) is 0 Å². The fourth-order valence-electron chi connectivity index (χ4n) is 1.32. The van der Waals surface area contributed by atoms with E-state index >= 15 is 0 Å². The molecule has 94 valence electrons. The minimum absolute atomic E-state index is 0.0340.